The van der Waals surface area contributed by atoms with Gasteiger partial charge in [0.2, 0.25) is 0 Å². The molecule has 1 unspecified atom stereocenters. The Balaban J connectivity index is 1.97. The Morgan fingerprint density at radius 3 is 2.92 bits per heavy atom. The lowest BCUT2D eigenvalue weighted by atomic mass is 10.2. The van der Waals surface area contributed by atoms with Gasteiger partial charge in [-0.05, 0) is 33.4 Å². The smallest absolute Gasteiger partial charge is 0.0588 e. The second-order valence-electron chi connectivity index (χ2n) is 3.83. The zero-order chi connectivity index (χ0) is 9.52. The van der Waals surface area contributed by atoms with E-state index in [0.29, 0.717) is 6.10 Å². The molecule has 1 heterocycles. The Morgan fingerprint density at radius 2 is 2.31 bits per heavy atom. The number of hydrogen-bond donors (Lipinski definition) is 1. The molecule has 78 valence electrons. The minimum Gasteiger partial charge on any atom is -0.378 e. The third-order valence-corrected chi connectivity index (χ3v) is 2.60. The highest BCUT2D eigenvalue weighted by Gasteiger charge is 2.15. The molecular formula is C10H22N2O. The first-order valence-electron chi connectivity index (χ1n) is 5.27. The van der Waals surface area contributed by atoms with Gasteiger partial charge in [0.25, 0.3) is 0 Å². The van der Waals surface area contributed by atoms with Crippen molar-refractivity contribution in [3.8, 4) is 0 Å². The molecule has 0 spiro atoms. The second-order valence-corrected chi connectivity index (χ2v) is 3.83. The minimum absolute atomic E-state index is 0.539. The van der Waals surface area contributed by atoms with Gasteiger partial charge in [-0.3, -0.25) is 0 Å². The van der Waals surface area contributed by atoms with Gasteiger partial charge in [-0.25, -0.2) is 0 Å². The molecule has 0 aromatic carbocycles. The van der Waals surface area contributed by atoms with Crippen LogP contribution in [0.5, 0.6) is 0 Å². The highest BCUT2D eigenvalue weighted by molar-refractivity contribution is 4.66. The lowest BCUT2D eigenvalue weighted by Gasteiger charge is -2.18. The SMILES string of the molecule is CNCCN(C)CCC1CCCO1. The minimum atomic E-state index is 0.539. The van der Waals surface area contributed by atoms with Gasteiger partial charge in [-0.15, -0.1) is 0 Å². The Kier molecular flexibility index (Phi) is 5.35. The summed E-state index contributed by atoms with van der Waals surface area (Å²) in [7, 11) is 4.17. The standard InChI is InChI=1S/C10H22N2O/c1-11-6-8-12(2)7-5-10-4-3-9-13-10/h10-11H,3-9H2,1-2H3. The molecule has 0 saturated carbocycles. The van der Waals surface area contributed by atoms with Crippen LogP contribution in [0.15, 0.2) is 0 Å². The molecule has 0 amide bonds. The van der Waals surface area contributed by atoms with E-state index in [1.165, 1.54) is 19.3 Å². The van der Waals surface area contributed by atoms with Crippen LogP contribution in [0.2, 0.25) is 0 Å². The van der Waals surface area contributed by atoms with Crippen molar-refractivity contribution in [1.82, 2.24) is 10.2 Å². The van der Waals surface area contributed by atoms with E-state index in [9.17, 15) is 0 Å². The molecular weight excluding hydrogens is 164 g/mol. The van der Waals surface area contributed by atoms with Crippen molar-refractivity contribution >= 4 is 0 Å². The van der Waals surface area contributed by atoms with Crippen LogP contribution in [-0.2, 0) is 4.74 Å². The number of nitrogens with zero attached hydrogens (tertiary/aromatic N) is 1. The fourth-order valence-electron chi connectivity index (χ4n) is 1.65. The fraction of sp³-hybridized carbons (Fsp3) is 1.00. The number of hydrogen-bond acceptors (Lipinski definition) is 3. The zero-order valence-corrected chi connectivity index (χ0v) is 8.88. The lowest BCUT2D eigenvalue weighted by Crippen LogP contribution is -2.29. The summed E-state index contributed by atoms with van der Waals surface area (Å²) in [6.07, 6.45) is 4.25. The van der Waals surface area contributed by atoms with Crippen LogP contribution in [0.4, 0.5) is 0 Å². The highest BCUT2D eigenvalue weighted by Crippen LogP contribution is 2.15. The van der Waals surface area contributed by atoms with Crippen molar-refractivity contribution < 1.29 is 4.74 Å². The first-order chi connectivity index (χ1) is 6.33. The van der Waals surface area contributed by atoms with E-state index in [2.05, 4.69) is 17.3 Å². The van der Waals surface area contributed by atoms with Gasteiger partial charge < -0.3 is 15.0 Å². The normalized spacial score (nSPS) is 22.8. The van der Waals surface area contributed by atoms with Crippen LogP contribution >= 0.6 is 0 Å². The van der Waals surface area contributed by atoms with Crippen molar-refractivity contribution in [3.05, 3.63) is 0 Å². The van der Waals surface area contributed by atoms with Gasteiger partial charge in [-0.1, -0.05) is 0 Å². The molecule has 3 nitrogen and oxygen atoms in total. The van der Waals surface area contributed by atoms with Crippen LogP contribution in [0.25, 0.3) is 0 Å². The van der Waals surface area contributed by atoms with Crippen LogP contribution in [0, 0.1) is 0 Å². The van der Waals surface area contributed by atoms with E-state index in [-0.39, 0.29) is 0 Å². The molecule has 13 heavy (non-hydrogen) atoms. The maximum absolute atomic E-state index is 5.57. The Morgan fingerprint density at radius 1 is 1.46 bits per heavy atom. The fourth-order valence-corrected chi connectivity index (χ4v) is 1.65. The van der Waals surface area contributed by atoms with Crippen molar-refractivity contribution in [1.29, 1.82) is 0 Å². The molecule has 1 saturated heterocycles. The summed E-state index contributed by atoms with van der Waals surface area (Å²) < 4.78 is 5.57. The highest BCUT2D eigenvalue weighted by atomic mass is 16.5. The Labute approximate surface area is 81.4 Å². The summed E-state index contributed by atoms with van der Waals surface area (Å²) in [4.78, 5) is 2.36. The van der Waals surface area contributed by atoms with Gasteiger partial charge in [0.05, 0.1) is 6.10 Å². The average Bonchev–Trinajstić information content (AvgIpc) is 2.64. The molecule has 1 atom stereocenters. The Hall–Kier alpha value is -0.120. The monoisotopic (exact) mass is 186 g/mol. The predicted octanol–water partition coefficient (Wildman–Crippen LogP) is 0.707. The van der Waals surface area contributed by atoms with Gasteiger partial charge >= 0.3 is 0 Å². The van der Waals surface area contributed by atoms with Crippen molar-refractivity contribution in [2.45, 2.75) is 25.4 Å². The van der Waals surface area contributed by atoms with E-state index >= 15 is 0 Å². The molecule has 1 aliphatic rings. The van der Waals surface area contributed by atoms with Crippen LogP contribution in [0.3, 0.4) is 0 Å². The van der Waals surface area contributed by atoms with E-state index in [1.54, 1.807) is 0 Å². The summed E-state index contributed by atoms with van der Waals surface area (Å²) in [6.45, 7) is 4.34. The molecule has 1 rings (SSSR count). The summed E-state index contributed by atoms with van der Waals surface area (Å²) in [5, 5.41) is 3.15. The van der Waals surface area contributed by atoms with Gasteiger partial charge in [0, 0.05) is 26.2 Å². The molecule has 1 fully saturated rings. The summed E-state index contributed by atoms with van der Waals surface area (Å²) >= 11 is 0. The quantitative estimate of drug-likeness (QED) is 0.661. The third-order valence-electron chi connectivity index (χ3n) is 2.60. The number of rotatable bonds is 6. The molecule has 0 aromatic heterocycles. The molecule has 3 heteroatoms. The number of nitrogens with one attached hydrogen (secondary N) is 1. The van der Waals surface area contributed by atoms with Gasteiger partial charge in [-0.2, -0.15) is 0 Å². The molecule has 0 aromatic rings. The van der Waals surface area contributed by atoms with Gasteiger partial charge in [0.15, 0.2) is 0 Å². The number of likely N-dealkylation sites (N-methyl/N-ethyl adjacent to an activating group) is 2. The zero-order valence-electron chi connectivity index (χ0n) is 8.88. The summed E-state index contributed by atoms with van der Waals surface area (Å²) in [6, 6.07) is 0. The molecule has 0 bridgehead atoms. The van der Waals surface area contributed by atoms with Crippen molar-refractivity contribution in [3.63, 3.8) is 0 Å². The topological polar surface area (TPSA) is 24.5 Å². The first kappa shape index (κ1) is 11.0. The Bertz CT molecular complexity index is 124. The third kappa shape index (κ3) is 4.60. The first-order valence-corrected chi connectivity index (χ1v) is 5.27. The summed E-state index contributed by atoms with van der Waals surface area (Å²) in [5.41, 5.74) is 0. The van der Waals surface area contributed by atoms with Gasteiger partial charge in [0.1, 0.15) is 0 Å². The maximum Gasteiger partial charge on any atom is 0.0588 e. The second kappa shape index (κ2) is 6.35. The predicted molar refractivity (Wildman–Crippen MR) is 55.0 cm³/mol. The largest absolute Gasteiger partial charge is 0.378 e. The molecule has 0 aliphatic carbocycles. The molecule has 1 N–H and O–H groups in total. The van der Waals surface area contributed by atoms with E-state index in [4.69, 9.17) is 4.74 Å². The van der Waals surface area contributed by atoms with E-state index in [1.807, 2.05) is 7.05 Å². The number of ether oxygens (including phenoxy) is 1. The molecule has 0 radical (unpaired) electrons. The van der Waals surface area contributed by atoms with Crippen LogP contribution < -0.4 is 5.32 Å². The van der Waals surface area contributed by atoms with Crippen molar-refractivity contribution in [2.75, 3.05) is 40.3 Å². The lowest BCUT2D eigenvalue weighted by molar-refractivity contribution is 0.0952. The van der Waals surface area contributed by atoms with Crippen LogP contribution in [-0.4, -0.2) is 51.3 Å². The van der Waals surface area contributed by atoms with Crippen LogP contribution in [0.1, 0.15) is 19.3 Å². The average molecular weight is 186 g/mol. The maximum atomic E-state index is 5.57. The van der Waals surface area contributed by atoms with E-state index < -0.39 is 0 Å². The van der Waals surface area contributed by atoms with Crippen molar-refractivity contribution in [2.24, 2.45) is 0 Å². The summed E-state index contributed by atoms with van der Waals surface area (Å²) in [5.74, 6) is 0. The van der Waals surface area contributed by atoms with E-state index in [0.717, 1.165) is 26.2 Å². The molecule has 1 aliphatic heterocycles.